The van der Waals surface area contributed by atoms with Crippen LogP contribution in [-0.2, 0) is 10.2 Å². The van der Waals surface area contributed by atoms with Gasteiger partial charge in [-0.15, -0.1) is 12.4 Å². The summed E-state index contributed by atoms with van der Waals surface area (Å²) in [5.74, 6) is 0. The molecule has 0 radical (unpaired) electrons. The van der Waals surface area contributed by atoms with Gasteiger partial charge in [0.1, 0.15) is 6.04 Å². The fourth-order valence-corrected chi connectivity index (χ4v) is 4.12. The van der Waals surface area contributed by atoms with Crippen molar-refractivity contribution in [2.45, 2.75) is 31.5 Å². The van der Waals surface area contributed by atoms with Gasteiger partial charge in [-0.05, 0) is 12.8 Å². The Hall–Kier alpha value is -0.130. The van der Waals surface area contributed by atoms with Gasteiger partial charge in [-0.2, -0.15) is 25.9 Å². The summed E-state index contributed by atoms with van der Waals surface area (Å²) in [5, 5.41) is 2.99. The van der Waals surface area contributed by atoms with Crippen LogP contribution in [0, 0.1) is 0 Å². The van der Waals surface area contributed by atoms with Crippen molar-refractivity contribution < 1.29 is 21.6 Å². The second kappa shape index (κ2) is 8.82. The quantitative estimate of drug-likeness (QED) is 0.731. The van der Waals surface area contributed by atoms with Gasteiger partial charge in [-0.1, -0.05) is 6.42 Å². The fourth-order valence-electron chi connectivity index (χ4n) is 2.83. The number of hydrogen-bond acceptors (Lipinski definition) is 4. The van der Waals surface area contributed by atoms with E-state index in [1.165, 1.54) is 9.21 Å². The van der Waals surface area contributed by atoms with Gasteiger partial charge < -0.3 is 5.32 Å². The average Bonchev–Trinajstić information content (AvgIpc) is 2.48. The molecule has 0 aliphatic carbocycles. The predicted octanol–water partition coefficient (Wildman–Crippen LogP) is 0.565. The minimum atomic E-state index is -4.46. The molecule has 6 nitrogen and oxygen atoms in total. The molecule has 2 aliphatic rings. The smallest absolute Gasteiger partial charge is 0.314 e. The van der Waals surface area contributed by atoms with Crippen LogP contribution in [0.15, 0.2) is 0 Å². The Morgan fingerprint density at radius 3 is 2.13 bits per heavy atom. The van der Waals surface area contributed by atoms with E-state index in [0.717, 1.165) is 19.3 Å². The van der Waals surface area contributed by atoms with E-state index in [1.807, 2.05) is 0 Å². The van der Waals surface area contributed by atoms with Crippen molar-refractivity contribution in [2.24, 2.45) is 0 Å². The number of nitrogens with one attached hydrogen (secondary N) is 2. The molecule has 138 valence electrons. The Kier molecular flexibility index (Phi) is 8.02. The molecule has 1 unspecified atom stereocenters. The third-order valence-electron chi connectivity index (χ3n) is 4.08. The molecule has 1 atom stereocenters. The van der Waals surface area contributed by atoms with Crippen molar-refractivity contribution in [3.8, 4) is 0 Å². The normalized spacial score (nSPS) is 23.3. The van der Waals surface area contributed by atoms with Crippen LogP contribution in [0.4, 0.5) is 13.2 Å². The fraction of sp³-hybridized carbons (Fsp3) is 1.00. The highest BCUT2D eigenvalue weighted by Crippen LogP contribution is 2.25. The van der Waals surface area contributed by atoms with Gasteiger partial charge in [-0.25, -0.2) is 4.72 Å². The molecule has 0 amide bonds. The summed E-state index contributed by atoms with van der Waals surface area (Å²) in [6.07, 6.45) is -2.00. The lowest BCUT2D eigenvalue weighted by molar-refractivity contribution is -0.182. The van der Waals surface area contributed by atoms with Gasteiger partial charge in [0.15, 0.2) is 0 Å². The minimum Gasteiger partial charge on any atom is -0.314 e. The van der Waals surface area contributed by atoms with Crippen molar-refractivity contribution in [1.82, 2.24) is 19.2 Å². The number of piperidine rings is 1. The third-order valence-corrected chi connectivity index (χ3v) is 5.66. The molecule has 0 aromatic heterocycles. The molecule has 0 aromatic rings. The number of hydrogen-bond donors (Lipinski definition) is 2. The lowest BCUT2D eigenvalue weighted by Gasteiger charge is -2.36. The molecule has 0 spiro atoms. The van der Waals surface area contributed by atoms with E-state index in [0.29, 0.717) is 26.2 Å². The molecule has 0 saturated carbocycles. The Bertz CT molecular complexity index is 452. The van der Waals surface area contributed by atoms with E-state index < -0.39 is 29.0 Å². The topological polar surface area (TPSA) is 64.7 Å². The first-order valence-electron chi connectivity index (χ1n) is 7.57. The van der Waals surface area contributed by atoms with Crippen molar-refractivity contribution in [2.75, 3.05) is 45.8 Å². The van der Waals surface area contributed by atoms with Gasteiger partial charge >= 0.3 is 6.18 Å². The summed E-state index contributed by atoms with van der Waals surface area (Å²) < 4.78 is 67.3. The number of piperazine rings is 1. The van der Waals surface area contributed by atoms with Crippen LogP contribution in [-0.4, -0.2) is 75.7 Å². The highest BCUT2D eigenvalue weighted by molar-refractivity contribution is 7.87. The van der Waals surface area contributed by atoms with Gasteiger partial charge in [-0.3, -0.25) is 4.90 Å². The lowest BCUT2D eigenvalue weighted by atomic mass is 10.2. The molecule has 23 heavy (non-hydrogen) atoms. The van der Waals surface area contributed by atoms with Crippen molar-refractivity contribution in [1.29, 1.82) is 0 Å². The van der Waals surface area contributed by atoms with E-state index in [-0.39, 0.29) is 25.5 Å². The molecule has 2 fully saturated rings. The molecule has 2 rings (SSSR count). The zero-order chi connectivity index (χ0) is 16.2. The van der Waals surface area contributed by atoms with E-state index in [9.17, 15) is 21.6 Å². The van der Waals surface area contributed by atoms with Crippen molar-refractivity contribution >= 4 is 22.6 Å². The Morgan fingerprint density at radius 2 is 1.61 bits per heavy atom. The number of rotatable bonds is 5. The van der Waals surface area contributed by atoms with E-state index in [2.05, 4.69) is 10.0 Å². The van der Waals surface area contributed by atoms with Gasteiger partial charge in [0, 0.05) is 45.8 Å². The first kappa shape index (κ1) is 20.9. The molecular weight excluding hydrogens is 357 g/mol. The van der Waals surface area contributed by atoms with Crippen LogP contribution < -0.4 is 10.0 Å². The van der Waals surface area contributed by atoms with E-state index in [4.69, 9.17) is 0 Å². The summed E-state index contributed by atoms with van der Waals surface area (Å²) in [4.78, 5) is 1.29. The second-order valence-electron chi connectivity index (χ2n) is 5.66. The number of halogens is 4. The maximum absolute atomic E-state index is 13.2. The van der Waals surface area contributed by atoms with Crippen LogP contribution in [0.1, 0.15) is 19.3 Å². The van der Waals surface area contributed by atoms with Crippen LogP contribution in [0.5, 0.6) is 0 Å². The average molecular weight is 381 g/mol. The lowest BCUT2D eigenvalue weighted by Crippen LogP contribution is -2.58. The first-order chi connectivity index (χ1) is 10.3. The van der Waals surface area contributed by atoms with Crippen LogP contribution >= 0.6 is 12.4 Å². The summed E-state index contributed by atoms with van der Waals surface area (Å²) in [6, 6.07) is -1.78. The van der Waals surface area contributed by atoms with Gasteiger partial charge in [0.05, 0.1) is 0 Å². The maximum Gasteiger partial charge on any atom is 0.405 e. The Labute approximate surface area is 141 Å². The van der Waals surface area contributed by atoms with Crippen molar-refractivity contribution in [3.05, 3.63) is 0 Å². The number of nitrogens with zero attached hydrogens (tertiary/aromatic N) is 2. The summed E-state index contributed by atoms with van der Waals surface area (Å²) >= 11 is 0. The molecule has 11 heteroatoms. The molecule has 2 heterocycles. The monoisotopic (exact) mass is 380 g/mol. The highest BCUT2D eigenvalue weighted by atomic mass is 35.5. The Balaban J connectivity index is 0.00000264. The minimum absolute atomic E-state index is 0. The van der Waals surface area contributed by atoms with Gasteiger partial charge in [0.2, 0.25) is 0 Å². The SMILES string of the molecule is Cl.O=S(=O)(NCC(N1CCNCC1)C(F)(F)F)N1CCCCC1. The van der Waals surface area contributed by atoms with Crippen LogP contribution in [0.2, 0.25) is 0 Å². The standard InChI is InChI=1S/C12H23F3N4O2S.ClH/c13-12(14,15)11(18-8-4-16-5-9-18)10-17-22(20,21)19-6-2-1-3-7-19;/h11,16-17H,1-10H2;1H. The third kappa shape index (κ3) is 6.02. The van der Waals surface area contributed by atoms with Gasteiger partial charge in [0.25, 0.3) is 10.2 Å². The van der Waals surface area contributed by atoms with Crippen molar-refractivity contribution in [3.63, 3.8) is 0 Å². The molecule has 0 aromatic carbocycles. The maximum atomic E-state index is 13.2. The molecule has 0 bridgehead atoms. The molecule has 2 saturated heterocycles. The number of alkyl halides is 3. The first-order valence-corrected chi connectivity index (χ1v) is 9.01. The highest BCUT2D eigenvalue weighted by Gasteiger charge is 2.44. The summed E-state index contributed by atoms with van der Waals surface area (Å²) in [6.45, 7) is 1.59. The molecule has 2 aliphatic heterocycles. The van der Waals surface area contributed by atoms with E-state index >= 15 is 0 Å². The Morgan fingerprint density at radius 1 is 1.04 bits per heavy atom. The predicted molar refractivity (Wildman–Crippen MR) is 83.9 cm³/mol. The van der Waals surface area contributed by atoms with Crippen LogP contribution in [0.3, 0.4) is 0 Å². The molecular formula is C12H24ClF3N4O2S. The summed E-state index contributed by atoms with van der Waals surface area (Å²) in [7, 11) is -3.84. The van der Waals surface area contributed by atoms with Crippen LogP contribution in [0.25, 0.3) is 0 Å². The summed E-state index contributed by atoms with van der Waals surface area (Å²) in [5.41, 5.74) is 0. The van der Waals surface area contributed by atoms with E-state index in [1.54, 1.807) is 0 Å². The molecule has 2 N–H and O–H groups in total. The zero-order valence-corrected chi connectivity index (χ0v) is 14.4. The largest absolute Gasteiger partial charge is 0.405 e. The zero-order valence-electron chi connectivity index (χ0n) is 12.8. The second-order valence-corrected chi connectivity index (χ2v) is 7.41.